The zero-order valence-electron chi connectivity index (χ0n) is 9.03. The van der Waals surface area contributed by atoms with E-state index in [1.807, 2.05) is 29.2 Å². The van der Waals surface area contributed by atoms with Gasteiger partial charge >= 0.3 is 0 Å². The summed E-state index contributed by atoms with van der Waals surface area (Å²) in [4.78, 5) is 14.1. The van der Waals surface area contributed by atoms with Crippen LogP contribution in [0, 0.1) is 0 Å². The first-order chi connectivity index (χ1) is 7.72. The van der Waals surface area contributed by atoms with Crippen molar-refractivity contribution in [3.05, 3.63) is 34.3 Å². The average molecular weight is 283 g/mol. The molecule has 2 N–H and O–H groups in total. The van der Waals surface area contributed by atoms with Crippen LogP contribution in [0.25, 0.3) is 0 Å². The molecule has 1 fully saturated rings. The molecule has 4 heteroatoms. The predicted octanol–water partition coefficient (Wildman–Crippen LogP) is 2.01. The maximum absolute atomic E-state index is 12.2. The van der Waals surface area contributed by atoms with Crippen molar-refractivity contribution in [3.8, 4) is 0 Å². The lowest BCUT2D eigenvalue weighted by Crippen LogP contribution is -2.39. The van der Waals surface area contributed by atoms with Gasteiger partial charge in [-0.25, -0.2) is 0 Å². The Labute approximate surface area is 104 Å². The first-order valence-corrected chi connectivity index (χ1v) is 6.28. The minimum absolute atomic E-state index is 0.0976. The van der Waals surface area contributed by atoms with Crippen LogP contribution in [-0.2, 0) is 0 Å². The first-order valence-electron chi connectivity index (χ1n) is 5.49. The van der Waals surface area contributed by atoms with Crippen molar-refractivity contribution in [2.75, 3.05) is 13.1 Å². The van der Waals surface area contributed by atoms with Gasteiger partial charge in [0.1, 0.15) is 0 Å². The summed E-state index contributed by atoms with van der Waals surface area (Å²) < 4.78 is 0.987. The maximum Gasteiger partial charge on any atom is 0.254 e. The summed E-state index contributed by atoms with van der Waals surface area (Å²) >= 11 is 3.36. The Hall–Kier alpha value is -0.870. The molecular weight excluding hydrogens is 268 g/mol. The van der Waals surface area contributed by atoms with Crippen LogP contribution in [0.1, 0.15) is 23.2 Å². The molecule has 1 aromatic rings. The molecule has 0 aliphatic carbocycles. The third-order valence-electron chi connectivity index (χ3n) is 3.00. The Balaban J connectivity index is 2.15. The van der Waals surface area contributed by atoms with Crippen LogP contribution >= 0.6 is 15.9 Å². The average Bonchev–Trinajstić information content (AvgIpc) is 2.77. The number of benzene rings is 1. The number of halogens is 1. The zero-order valence-corrected chi connectivity index (χ0v) is 10.6. The predicted molar refractivity (Wildman–Crippen MR) is 67.3 cm³/mol. The molecule has 16 heavy (non-hydrogen) atoms. The van der Waals surface area contributed by atoms with E-state index in [4.69, 9.17) is 5.73 Å². The molecule has 0 saturated carbocycles. The molecule has 3 nitrogen and oxygen atoms in total. The molecule has 1 aromatic carbocycles. The van der Waals surface area contributed by atoms with Gasteiger partial charge in [-0.3, -0.25) is 4.79 Å². The van der Waals surface area contributed by atoms with E-state index in [2.05, 4.69) is 15.9 Å². The van der Waals surface area contributed by atoms with E-state index in [1.54, 1.807) is 0 Å². The summed E-state index contributed by atoms with van der Waals surface area (Å²) in [5.41, 5.74) is 6.40. The fourth-order valence-electron chi connectivity index (χ4n) is 2.11. The Kier molecular flexibility index (Phi) is 3.61. The fourth-order valence-corrected chi connectivity index (χ4v) is 2.37. The Morgan fingerprint density at radius 1 is 1.44 bits per heavy atom. The van der Waals surface area contributed by atoms with Crippen LogP contribution in [0.15, 0.2) is 28.7 Å². The number of nitrogens with zero attached hydrogens (tertiary/aromatic N) is 1. The molecule has 1 aliphatic heterocycles. The standard InChI is InChI=1S/C12H15BrN2O/c13-10-5-3-9(4-6-10)12(16)15-7-1-2-11(15)8-14/h3-6,11H,1-2,7-8,14H2/t11-/m0/s1. The molecule has 1 amide bonds. The largest absolute Gasteiger partial charge is 0.334 e. The summed E-state index contributed by atoms with van der Waals surface area (Å²) in [6, 6.07) is 7.69. The smallest absolute Gasteiger partial charge is 0.254 e. The quantitative estimate of drug-likeness (QED) is 0.902. The minimum Gasteiger partial charge on any atom is -0.334 e. The molecule has 0 bridgehead atoms. The van der Waals surface area contributed by atoms with Crippen LogP contribution in [0.4, 0.5) is 0 Å². The van der Waals surface area contributed by atoms with Crippen LogP contribution in [0.5, 0.6) is 0 Å². The summed E-state index contributed by atoms with van der Waals surface area (Å²) in [6.07, 6.45) is 2.09. The topological polar surface area (TPSA) is 46.3 Å². The van der Waals surface area contributed by atoms with Gasteiger partial charge in [0.15, 0.2) is 0 Å². The Bertz CT molecular complexity index is 377. The van der Waals surface area contributed by atoms with E-state index in [-0.39, 0.29) is 11.9 Å². The number of rotatable bonds is 2. The molecule has 0 radical (unpaired) electrons. The highest BCUT2D eigenvalue weighted by molar-refractivity contribution is 9.10. The third kappa shape index (κ3) is 2.28. The van der Waals surface area contributed by atoms with Crippen molar-refractivity contribution in [3.63, 3.8) is 0 Å². The number of hydrogen-bond donors (Lipinski definition) is 1. The minimum atomic E-state index is 0.0976. The van der Waals surface area contributed by atoms with E-state index in [9.17, 15) is 4.79 Å². The molecule has 1 aliphatic rings. The molecule has 0 aromatic heterocycles. The van der Waals surface area contributed by atoms with Gasteiger partial charge in [-0.2, -0.15) is 0 Å². The van der Waals surface area contributed by atoms with Gasteiger partial charge in [0, 0.05) is 29.2 Å². The van der Waals surface area contributed by atoms with Crippen LogP contribution < -0.4 is 5.73 Å². The van der Waals surface area contributed by atoms with Crippen molar-refractivity contribution in [1.29, 1.82) is 0 Å². The van der Waals surface area contributed by atoms with Crippen molar-refractivity contribution in [2.45, 2.75) is 18.9 Å². The van der Waals surface area contributed by atoms with E-state index in [1.165, 1.54) is 0 Å². The van der Waals surface area contributed by atoms with Gasteiger partial charge in [0.2, 0.25) is 0 Å². The van der Waals surface area contributed by atoms with Gasteiger partial charge in [-0.1, -0.05) is 15.9 Å². The summed E-state index contributed by atoms with van der Waals surface area (Å²) in [5, 5.41) is 0. The van der Waals surface area contributed by atoms with Gasteiger partial charge in [0.25, 0.3) is 5.91 Å². The lowest BCUT2D eigenvalue weighted by atomic mass is 10.1. The van der Waals surface area contributed by atoms with E-state index < -0.39 is 0 Å². The second-order valence-corrected chi connectivity index (χ2v) is 4.95. The molecule has 0 unspecified atom stereocenters. The second-order valence-electron chi connectivity index (χ2n) is 4.04. The molecule has 86 valence electrons. The molecular formula is C12H15BrN2O. The summed E-state index contributed by atoms with van der Waals surface area (Å²) in [5.74, 6) is 0.0976. The van der Waals surface area contributed by atoms with E-state index in [0.29, 0.717) is 6.54 Å². The van der Waals surface area contributed by atoms with Crippen molar-refractivity contribution >= 4 is 21.8 Å². The highest BCUT2D eigenvalue weighted by Crippen LogP contribution is 2.20. The van der Waals surface area contributed by atoms with Crippen LogP contribution in [-0.4, -0.2) is 29.9 Å². The van der Waals surface area contributed by atoms with Crippen molar-refractivity contribution < 1.29 is 4.79 Å². The van der Waals surface area contributed by atoms with Crippen molar-refractivity contribution in [2.24, 2.45) is 5.73 Å². The van der Waals surface area contributed by atoms with Gasteiger partial charge in [0.05, 0.1) is 0 Å². The zero-order chi connectivity index (χ0) is 11.5. The number of likely N-dealkylation sites (tertiary alicyclic amines) is 1. The third-order valence-corrected chi connectivity index (χ3v) is 3.53. The SMILES string of the molecule is NC[C@@H]1CCCN1C(=O)c1ccc(Br)cc1. The van der Waals surface area contributed by atoms with Gasteiger partial charge < -0.3 is 10.6 Å². The molecule has 2 rings (SSSR count). The normalized spacial score (nSPS) is 20.1. The maximum atomic E-state index is 12.2. The molecule has 1 heterocycles. The highest BCUT2D eigenvalue weighted by atomic mass is 79.9. The Morgan fingerprint density at radius 3 is 2.75 bits per heavy atom. The lowest BCUT2D eigenvalue weighted by molar-refractivity contribution is 0.0741. The van der Waals surface area contributed by atoms with Gasteiger partial charge in [-0.15, -0.1) is 0 Å². The van der Waals surface area contributed by atoms with E-state index in [0.717, 1.165) is 29.4 Å². The molecule has 0 spiro atoms. The highest BCUT2D eigenvalue weighted by Gasteiger charge is 2.27. The molecule has 1 atom stereocenters. The number of carbonyl (C=O) groups excluding carboxylic acids is 1. The number of carbonyl (C=O) groups is 1. The fraction of sp³-hybridized carbons (Fsp3) is 0.417. The number of nitrogens with two attached hydrogens (primary N) is 1. The first kappa shape index (κ1) is 11.6. The Morgan fingerprint density at radius 2 is 2.12 bits per heavy atom. The monoisotopic (exact) mass is 282 g/mol. The lowest BCUT2D eigenvalue weighted by Gasteiger charge is -2.23. The van der Waals surface area contributed by atoms with Crippen LogP contribution in [0.3, 0.4) is 0 Å². The number of hydrogen-bond acceptors (Lipinski definition) is 2. The van der Waals surface area contributed by atoms with Crippen LogP contribution in [0.2, 0.25) is 0 Å². The summed E-state index contributed by atoms with van der Waals surface area (Å²) in [6.45, 7) is 1.39. The summed E-state index contributed by atoms with van der Waals surface area (Å²) in [7, 11) is 0. The second kappa shape index (κ2) is 4.97. The molecule has 1 saturated heterocycles. The van der Waals surface area contributed by atoms with E-state index >= 15 is 0 Å². The number of amides is 1. The van der Waals surface area contributed by atoms with Gasteiger partial charge in [-0.05, 0) is 37.1 Å². The van der Waals surface area contributed by atoms with Crippen molar-refractivity contribution in [1.82, 2.24) is 4.90 Å².